The smallest absolute Gasteiger partial charge is 0.123 e. The van der Waals surface area contributed by atoms with E-state index in [0.29, 0.717) is 0 Å². The van der Waals surface area contributed by atoms with E-state index in [-0.39, 0.29) is 5.82 Å². The molecule has 2 aromatic carbocycles. The number of nitrogens with one attached hydrogen (secondary N) is 1. The molecule has 0 bridgehead atoms. The number of halogens is 1. The molecule has 20 heavy (non-hydrogen) atoms. The molecule has 0 atom stereocenters. The van der Waals surface area contributed by atoms with Crippen LogP contribution in [0, 0.1) is 19.7 Å². The Morgan fingerprint density at radius 2 is 1.85 bits per heavy atom. The molecule has 2 nitrogen and oxygen atoms in total. The van der Waals surface area contributed by atoms with Crippen molar-refractivity contribution in [1.82, 2.24) is 0 Å². The minimum absolute atomic E-state index is 0.180. The molecule has 0 aliphatic carbocycles. The van der Waals surface area contributed by atoms with Crippen LogP contribution >= 0.6 is 0 Å². The molecule has 0 radical (unpaired) electrons. The second-order valence-electron chi connectivity index (χ2n) is 5.15. The van der Waals surface area contributed by atoms with Crippen molar-refractivity contribution in [2.75, 3.05) is 24.3 Å². The molecule has 2 aromatic rings. The molecule has 0 aliphatic heterocycles. The maximum absolute atomic E-state index is 13.2. The quantitative estimate of drug-likeness (QED) is 0.900. The van der Waals surface area contributed by atoms with Crippen molar-refractivity contribution >= 4 is 11.4 Å². The highest BCUT2D eigenvalue weighted by molar-refractivity contribution is 5.73. The van der Waals surface area contributed by atoms with Gasteiger partial charge in [0.2, 0.25) is 0 Å². The van der Waals surface area contributed by atoms with Gasteiger partial charge >= 0.3 is 0 Å². The van der Waals surface area contributed by atoms with Crippen LogP contribution in [0.1, 0.15) is 16.7 Å². The van der Waals surface area contributed by atoms with E-state index in [0.717, 1.165) is 23.4 Å². The van der Waals surface area contributed by atoms with Gasteiger partial charge in [-0.2, -0.15) is 0 Å². The predicted octanol–water partition coefficient (Wildman–Crippen LogP) is 4.12. The van der Waals surface area contributed by atoms with E-state index in [1.807, 2.05) is 26.1 Å². The fourth-order valence-electron chi connectivity index (χ4n) is 2.54. The van der Waals surface area contributed by atoms with Gasteiger partial charge in [0.25, 0.3) is 0 Å². The largest absolute Gasteiger partial charge is 0.386 e. The summed E-state index contributed by atoms with van der Waals surface area (Å²) in [6.45, 7) is 4.80. The highest BCUT2D eigenvalue weighted by atomic mass is 19.1. The Morgan fingerprint density at radius 3 is 2.50 bits per heavy atom. The lowest BCUT2D eigenvalue weighted by Crippen LogP contribution is -2.19. The Bertz CT molecular complexity index is 608. The van der Waals surface area contributed by atoms with Gasteiger partial charge in [-0.1, -0.05) is 18.2 Å². The molecule has 1 N–H and O–H groups in total. The van der Waals surface area contributed by atoms with Crippen LogP contribution in [0.25, 0.3) is 0 Å². The second kappa shape index (κ2) is 5.95. The van der Waals surface area contributed by atoms with Crippen LogP contribution in [0.15, 0.2) is 36.4 Å². The van der Waals surface area contributed by atoms with Crippen molar-refractivity contribution in [3.8, 4) is 0 Å². The van der Waals surface area contributed by atoms with Gasteiger partial charge in [0.15, 0.2) is 0 Å². The molecule has 0 unspecified atom stereocenters. The van der Waals surface area contributed by atoms with Gasteiger partial charge in [-0.15, -0.1) is 0 Å². The fourth-order valence-corrected chi connectivity index (χ4v) is 2.54. The van der Waals surface area contributed by atoms with Gasteiger partial charge in [0.05, 0.1) is 11.4 Å². The Hall–Kier alpha value is -2.03. The monoisotopic (exact) mass is 272 g/mol. The Morgan fingerprint density at radius 1 is 1.10 bits per heavy atom. The van der Waals surface area contributed by atoms with Gasteiger partial charge in [0, 0.05) is 20.6 Å². The summed E-state index contributed by atoms with van der Waals surface area (Å²) in [5.74, 6) is -0.180. The van der Waals surface area contributed by atoms with Crippen LogP contribution in [0.2, 0.25) is 0 Å². The summed E-state index contributed by atoms with van der Waals surface area (Å²) in [5.41, 5.74) is 5.63. The van der Waals surface area contributed by atoms with E-state index in [9.17, 15) is 4.39 Å². The van der Waals surface area contributed by atoms with E-state index in [2.05, 4.69) is 36.3 Å². The van der Waals surface area contributed by atoms with Gasteiger partial charge < -0.3 is 10.2 Å². The molecular weight excluding hydrogens is 251 g/mol. The van der Waals surface area contributed by atoms with Crippen molar-refractivity contribution in [3.63, 3.8) is 0 Å². The van der Waals surface area contributed by atoms with Gasteiger partial charge in [-0.05, 0) is 48.7 Å². The zero-order valence-corrected chi connectivity index (χ0v) is 12.5. The molecule has 0 saturated heterocycles. The number of hydrogen-bond acceptors (Lipinski definition) is 2. The van der Waals surface area contributed by atoms with E-state index >= 15 is 0 Å². The zero-order chi connectivity index (χ0) is 14.7. The Balaban J connectivity index is 2.30. The number of hydrogen-bond donors (Lipinski definition) is 1. The van der Waals surface area contributed by atoms with E-state index in [4.69, 9.17) is 0 Å². The normalized spacial score (nSPS) is 10.4. The van der Waals surface area contributed by atoms with Crippen LogP contribution in [-0.2, 0) is 6.54 Å². The molecule has 0 amide bonds. The van der Waals surface area contributed by atoms with Gasteiger partial charge in [-0.3, -0.25) is 0 Å². The average Bonchev–Trinajstić information content (AvgIpc) is 2.41. The third-order valence-electron chi connectivity index (χ3n) is 3.60. The van der Waals surface area contributed by atoms with Crippen molar-refractivity contribution < 1.29 is 4.39 Å². The minimum atomic E-state index is -0.180. The van der Waals surface area contributed by atoms with Crippen LogP contribution in [-0.4, -0.2) is 14.1 Å². The molecule has 0 heterocycles. The summed E-state index contributed by atoms with van der Waals surface area (Å²) >= 11 is 0. The number of rotatable bonds is 4. The number of nitrogens with zero attached hydrogens (tertiary/aromatic N) is 1. The summed E-state index contributed by atoms with van der Waals surface area (Å²) in [5, 5.41) is 3.23. The SMILES string of the molecule is CNc1cccc(C)c1N(C)Cc1ccc(F)cc1C. The molecular formula is C17H21FN2. The lowest BCUT2D eigenvalue weighted by molar-refractivity contribution is 0.625. The van der Waals surface area contributed by atoms with Crippen molar-refractivity contribution in [1.29, 1.82) is 0 Å². The summed E-state index contributed by atoms with van der Waals surface area (Å²) in [6, 6.07) is 11.2. The zero-order valence-electron chi connectivity index (χ0n) is 12.5. The summed E-state index contributed by atoms with van der Waals surface area (Å²) in [7, 11) is 3.99. The summed E-state index contributed by atoms with van der Waals surface area (Å²) in [4.78, 5) is 2.20. The van der Waals surface area contributed by atoms with Crippen molar-refractivity contribution in [3.05, 3.63) is 58.9 Å². The first-order chi connectivity index (χ1) is 9.52. The number of benzene rings is 2. The molecule has 0 aromatic heterocycles. The molecule has 0 saturated carbocycles. The molecule has 0 fully saturated rings. The molecule has 3 heteroatoms. The standard InChI is InChI=1S/C17H21FN2/c1-12-6-5-7-16(19-3)17(12)20(4)11-14-8-9-15(18)10-13(14)2/h5-10,19H,11H2,1-4H3. The highest BCUT2D eigenvalue weighted by Gasteiger charge is 2.11. The first-order valence-electron chi connectivity index (χ1n) is 6.76. The molecule has 0 spiro atoms. The number of anilines is 2. The van der Waals surface area contributed by atoms with Crippen LogP contribution in [0.3, 0.4) is 0 Å². The third-order valence-corrected chi connectivity index (χ3v) is 3.60. The molecule has 106 valence electrons. The lowest BCUT2D eigenvalue weighted by Gasteiger charge is -2.25. The summed E-state index contributed by atoms with van der Waals surface area (Å²) < 4.78 is 13.2. The lowest BCUT2D eigenvalue weighted by atomic mass is 10.1. The number of aryl methyl sites for hydroxylation is 2. The fraction of sp³-hybridized carbons (Fsp3) is 0.294. The maximum atomic E-state index is 13.2. The molecule has 0 aliphatic rings. The third kappa shape index (κ3) is 2.93. The highest BCUT2D eigenvalue weighted by Crippen LogP contribution is 2.30. The summed E-state index contributed by atoms with van der Waals surface area (Å²) in [6.07, 6.45) is 0. The second-order valence-corrected chi connectivity index (χ2v) is 5.15. The average molecular weight is 272 g/mol. The maximum Gasteiger partial charge on any atom is 0.123 e. The number of para-hydroxylation sites is 1. The van der Waals surface area contributed by atoms with Crippen LogP contribution < -0.4 is 10.2 Å². The minimum Gasteiger partial charge on any atom is -0.386 e. The molecule has 2 rings (SSSR count). The Labute approximate surface area is 120 Å². The Kier molecular flexibility index (Phi) is 4.28. The van der Waals surface area contributed by atoms with E-state index in [1.54, 1.807) is 6.07 Å². The van der Waals surface area contributed by atoms with Crippen molar-refractivity contribution in [2.45, 2.75) is 20.4 Å². The van der Waals surface area contributed by atoms with Crippen molar-refractivity contribution in [2.24, 2.45) is 0 Å². The predicted molar refractivity (Wildman–Crippen MR) is 84.0 cm³/mol. The van der Waals surface area contributed by atoms with E-state index in [1.165, 1.54) is 17.3 Å². The topological polar surface area (TPSA) is 15.3 Å². The van der Waals surface area contributed by atoms with Crippen LogP contribution in [0.4, 0.5) is 15.8 Å². The van der Waals surface area contributed by atoms with Crippen LogP contribution in [0.5, 0.6) is 0 Å². The first kappa shape index (κ1) is 14.4. The van der Waals surface area contributed by atoms with Gasteiger partial charge in [0.1, 0.15) is 5.82 Å². The van der Waals surface area contributed by atoms with E-state index < -0.39 is 0 Å². The van der Waals surface area contributed by atoms with Gasteiger partial charge in [-0.25, -0.2) is 4.39 Å². The first-order valence-corrected chi connectivity index (χ1v) is 6.76.